The SMILES string of the molecule is CC(C)CNCc1ccnn1Cc1cn2ccsc2n1. The van der Waals surface area contributed by atoms with Gasteiger partial charge in [-0.3, -0.25) is 9.08 Å². The third kappa shape index (κ3) is 2.91. The van der Waals surface area contributed by atoms with Crippen molar-refractivity contribution in [1.29, 1.82) is 0 Å². The Morgan fingerprint density at radius 3 is 3.10 bits per heavy atom. The van der Waals surface area contributed by atoms with Gasteiger partial charge in [-0.15, -0.1) is 11.3 Å². The average Bonchev–Trinajstić information content (AvgIpc) is 3.05. The number of fused-ring (bicyclic) bond motifs is 1. The maximum atomic E-state index is 4.60. The van der Waals surface area contributed by atoms with Crippen molar-refractivity contribution in [2.45, 2.75) is 26.9 Å². The molecule has 0 spiro atoms. The number of aromatic nitrogens is 4. The second kappa shape index (κ2) is 5.76. The topological polar surface area (TPSA) is 47.2 Å². The Morgan fingerprint density at radius 2 is 2.30 bits per heavy atom. The van der Waals surface area contributed by atoms with Crippen molar-refractivity contribution < 1.29 is 0 Å². The van der Waals surface area contributed by atoms with Gasteiger partial charge in [-0.25, -0.2) is 4.98 Å². The van der Waals surface area contributed by atoms with Crippen molar-refractivity contribution >= 4 is 16.3 Å². The van der Waals surface area contributed by atoms with Crippen LogP contribution in [0.5, 0.6) is 0 Å². The minimum Gasteiger partial charge on any atom is -0.311 e. The second-order valence-electron chi connectivity index (χ2n) is 5.33. The van der Waals surface area contributed by atoms with Crippen LogP contribution in [0.15, 0.2) is 30.0 Å². The highest BCUT2D eigenvalue weighted by atomic mass is 32.1. The summed E-state index contributed by atoms with van der Waals surface area (Å²) in [5.41, 5.74) is 2.24. The molecule has 20 heavy (non-hydrogen) atoms. The summed E-state index contributed by atoms with van der Waals surface area (Å²) in [6.45, 7) is 7.01. The quantitative estimate of drug-likeness (QED) is 0.758. The van der Waals surface area contributed by atoms with E-state index in [1.807, 2.05) is 22.5 Å². The molecular weight excluding hydrogens is 270 g/mol. The Hall–Kier alpha value is -1.66. The van der Waals surface area contributed by atoms with Gasteiger partial charge in [0.15, 0.2) is 4.96 Å². The Bertz CT molecular complexity index is 650. The number of nitrogens with one attached hydrogen (secondary N) is 1. The first-order valence-electron chi connectivity index (χ1n) is 6.85. The summed E-state index contributed by atoms with van der Waals surface area (Å²) in [5, 5.41) is 9.89. The molecule has 3 heterocycles. The third-order valence-electron chi connectivity index (χ3n) is 3.12. The van der Waals surface area contributed by atoms with Gasteiger partial charge in [0.2, 0.25) is 0 Å². The maximum Gasteiger partial charge on any atom is 0.193 e. The fraction of sp³-hybridized carbons (Fsp3) is 0.429. The molecule has 0 aliphatic carbocycles. The average molecular weight is 289 g/mol. The van der Waals surface area contributed by atoms with Gasteiger partial charge in [0.25, 0.3) is 0 Å². The number of thiazole rings is 1. The van der Waals surface area contributed by atoms with E-state index < -0.39 is 0 Å². The molecule has 0 aliphatic rings. The largest absolute Gasteiger partial charge is 0.311 e. The highest BCUT2D eigenvalue weighted by Gasteiger charge is 2.07. The number of hydrogen-bond acceptors (Lipinski definition) is 4. The summed E-state index contributed by atoms with van der Waals surface area (Å²) in [5.74, 6) is 0.659. The summed E-state index contributed by atoms with van der Waals surface area (Å²) in [6, 6.07) is 2.06. The van der Waals surface area contributed by atoms with E-state index in [2.05, 4.69) is 45.9 Å². The molecule has 0 amide bonds. The molecule has 0 atom stereocenters. The first-order chi connectivity index (χ1) is 9.72. The summed E-state index contributed by atoms with van der Waals surface area (Å²) in [4.78, 5) is 5.63. The van der Waals surface area contributed by atoms with Crippen LogP contribution < -0.4 is 5.32 Å². The van der Waals surface area contributed by atoms with Crippen LogP contribution in [0.3, 0.4) is 0 Å². The molecule has 3 aromatic rings. The van der Waals surface area contributed by atoms with Crippen LogP contribution in [-0.2, 0) is 13.1 Å². The molecule has 0 unspecified atom stereocenters. The summed E-state index contributed by atoms with van der Waals surface area (Å²) in [7, 11) is 0. The smallest absolute Gasteiger partial charge is 0.193 e. The van der Waals surface area contributed by atoms with Crippen molar-refractivity contribution in [1.82, 2.24) is 24.5 Å². The van der Waals surface area contributed by atoms with Gasteiger partial charge in [0, 0.05) is 30.5 Å². The molecule has 0 aliphatic heterocycles. The van der Waals surface area contributed by atoms with E-state index in [-0.39, 0.29) is 0 Å². The molecule has 0 aromatic carbocycles. The van der Waals surface area contributed by atoms with Crippen LogP contribution in [0.2, 0.25) is 0 Å². The molecule has 0 saturated carbocycles. The lowest BCUT2D eigenvalue weighted by Crippen LogP contribution is -2.21. The molecule has 3 aromatic heterocycles. The van der Waals surface area contributed by atoms with Gasteiger partial charge < -0.3 is 5.32 Å². The van der Waals surface area contributed by atoms with Crippen LogP contribution in [0.1, 0.15) is 25.2 Å². The van der Waals surface area contributed by atoms with Crippen LogP contribution in [0.25, 0.3) is 4.96 Å². The van der Waals surface area contributed by atoms with Crippen molar-refractivity contribution in [3.63, 3.8) is 0 Å². The van der Waals surface area contributed by atoms with E-state index in [1.54, 1.807) is 11.3 Å². The van der Waals surface area contributed by atoms with Gasteiger partial charge >= 0.3 is 0 Å². The molecule has 0 radical (unpaired) electrons. The van der Waals surface area contributed by atoms with E-state index >= 15 is 0 Å². The zero-order valence-electron chi connectivity index (χ0n) is 11.8. The van der Waals surface area contributed by atoms with Crippen LogP contribution in [-0.4, -0.2) is 25.7 Å². The molecule has 0 saturated heterocycles. The molecule has 0 fully saturated rings. The van der Waals surface area contributed by atoms with Gasteiger partial charge in [0.05, 0.1) is 17.9 Å². The summed E-state index contributed by atoms with van der Waals surface area (Å²) in [6.07, 6.45) is 5.95. The minimum atomic E-state index is 0.659. The highest BCUT2D eigenvalue weighted by molar-refractivity contribution is 7.15. The highest BCUT2D eigenvalue weighted by Crippen LogP contribution is 2.12. The summed E-state index contributed by atoms with van der Waals surface area (Å²) >= 11 is 1.65. The number of nitrogens with zero attached hydrogens (tertiary/aromatic N) is 4. The van der Waals surface area contributed by atoms with Crippen molar-refractivity contribution in [2.75, 3.05) is 6.54 Å². The van der Waals surface area contributed by atoms with E-state index in [1.165, 1.54) is 5.69 Å². The van der Waals surface area contributed by atoms with E-state index in [4.69, 9.17) is 0 Å². The molecule has 106 valence electrons. The van der Waals surface area contributed by atoms with Crippen LogP contribution in [0.4, 0.5) is 0 Å². The first-order valence-corrected chi connectivity index (χ1v) is 7.73. The lowest BCUT2D eigenvalue weighted by molar-refractivity contribution is 0.528. The Kier molecular flexibility index (Phi) is 3.84. The van der Waals surface area contributed by atoms with E-state index in [9.17, 15) is 0 Å². The Morgan fingerprint density at radius 1 is 1.40 bits per heavy atom. The van der Waals surface area contributed by atoms with Crippen molar-refractivity contribution in [2.24, 2.45) is 5.92 Å². The molecule has 0 bridgehead atoms. The third-order valence-corrected chi connectivity index (χ3v) is 3.89. The fourth-order valence-corrected chi connectivity index (χ4v) is 2.87. The standard InChI is InChI=1S/C14H19N5S/c1-11(2)7-15-8-13-3-4-16-19(13)10-12-9-18-5-6-20-14(18)17-12/h3-6,9,11,15H,7-8,10H2,1-2H3. The summed E-state index contributed by atoms with van der Waals surface area (Å²) < 4.78 is 4.07. The molecule has 1 N–H and O–H groups in total. The zero-order chi connectivity index (χ0) is 13.9. The van der Waals surface area contributed by atoms with Crippen LogP contribution >= 0.6 is 11.3 Å². The van der Waals surface area contributed by atoms with Crippen molar-refractivity contribution in [3.8, 4) is 0 Å². The van der Waals surface area contributed by atoms with Gasteiger partial charge in [-0.2, -0.15) is 5.10 Å². The zero-order valence-corrected chi connectivity index (χ0v) is 12.6. The van der Waals surface area contributed by atoms with E-state index in [0.717, 1.165) is 30.3 Å². The number of hydrogen-bond donors (Lipinski definition) is 1. The predicted molar refractivity (Wildman–Crippen MR) is 80.9 cm³/mol. The first kappa shape index (κ1) is 13.3. The molecule has 3 rings (SSSR count). The monoisotopic (exact) mass is 289 g/mol. The van der Waals surface area contributed by atoms with Gasteiger partial charge in [0.1, 0.15) is 0 Å². The van der Waals surface area contributed by atoms with Crippen molar-refractivity contribution in [3.05, 3.63) is 41.4 Å². The maximum absolute atomic E-state index is 4.60. The predicted octanol–water partition coefficient (Wildman–Crippen LogP) is 2.39. The number of rotatable bonds is 6. The molecule has 5 nitrogen and oxygen atoms in total. The molecule has 6 heteroatoms. The fourth-order valence-electron chi connectivity index (χ4n) is 2.15. The normalized spacial score (nSPS) is 11.8. The lowest BCUT2D eigenvalue weighted by Gasteiger charge is -2.09. The van der Waals surface area contributed by atoms with E-state index in [0.29, 0.717) is 5.92 Å². The lowest BCUT2D eigenvalue weighted by atomic mass is 10.2. The minimum absolute atomic E-state index is 0.659. The van der Waals surface area contributed by atoms with Gasteiger partial charge in [-0.05, 0) is 18.5 Å². The number of imidazole rings is 1. The van der Waals surface area contributed by atoms with Gasteiger partial charge in [-0.1, -0.05) is 13.8 Å². The molecular formula is C14H19N5S. The Labute approximate surface area is 122 Å². The van der Waals surface area contributed by atoms with Crippen LogP contribution in [0, 0.1) is 5.92 Å². The Balaban J connectivity index is 1.68. The second-order valence-corrected chi connectivity index (χ2v) is 6.20.